The van der Waals surface area contributed by atoms with Crippen LogP contribution < -0.4 is 5.73 Å². The Hall–Kier alpha value is -1.84. The van der Waals surface area contributed by atoms with Gasteiger partial charge in [0.05, 0.1) is 5.56 Å². The number of anilines is 1. The molecule has 0 saturated heterocycles. The van der Waals surface area contributed by atoms with E-state index in [1.807, 2.05) is 6.07 Å². The number of nitrogens with zero attached hydrogens (tertiary/aromatic N) is 1. The van der Waals surface area contributed by atoms with Gasteiger partial charge in [0.2, 0.25) is 0 Å². The quantitative estimate of drug-likeness (QED) is 0.885. The third kappa shape index (κ3) is 2.42. The fourth-order valence-electron chi connectivity index (χ4n) is 3.05. The number of aromatic nitrogens is 1. The molecule has 0 atom stereocenters. The molecule has 1 aliphatic rings. The van der Waals surface area contributed by atoms with Crippen LogP contribution in [0.1, 0.15) is 44.3 Å². The Morgan fingerprint density at radius 2 is 2.00 bits per heavy atom. The van der Waals surface area contributed by atoms with Gasteiger partial charge in [-0.3, -0.25) is 0 Å². The first-order valence-electron chi connectivity index (χ1n) is 7.16. The Bertz CT molecular complexity index is 600. The lowest BCUT2D eigenvalue weighted by Gasteiger charge is -2.24. The highest BCUT2D eigenvalue weighted by Crippen LogP contribution is 2.42. The number of hydrogen-bond acceptors (Lipinski definition) is 3. The molecule has 1 heterocycles. The van der Waals surface area contributed by atoms with Gasteiger partial charge in [-0.25, -0.2) is 4.39 Å². The summed E-state index contributed by atoms with van der Waals surface area (Å²) in [5.41, 5.74) is 7.45. The van der Waals surface area contributed by atoms with Crippen molar-refractivity contribution in [2.75, 3.05) is 5.73 Å². The standard InChI is InChI=1S/C16H19FN2O/c1-10-5-7-11(8-6-10)15-14(16(18)19-20-15)12-3-2-4-13(17)9-12/h2-4,9-11H,5-8H2,1H3,(H2,18,19). The van der Waals surface area contributed by atoms with Crippen molar-refractivity contribution < 1.29 is 8.91 Å². The van der Waals surface area contributed by atoms with E-state index in [1.54, 1.807) is 6.07 Å². The SMILES string of the molecule is CC1CCC(c2onc(N)c2-c2cccc(F)c2)CC1. The molecule has 2 aromatic rings. The summed E-state index contributed by atoms with van der Waals surface area (Å²) >= 11 is 0. The number of benzene rings is 1. The highest BCUT2D eigenvalue weighted by molar-refractivity contribution is 5.76. The number of hydrogen-bond donors (Lipinski definition) is 1. The summed E-state index contributed by atoms with van der Waals surface area (Å²) in [7, 11) is 0. The third-order valence-corrected chi connectivity index (χ3v) is 4.24. The molecule has 20 heavy (non-hydrogen) atoms. The van der Waals surface area contributed by atoms with E-state index < -0.39 is 0 Å². The molecule has 0 amide bonds. The van der Waals surface area contributed by atoms with Crippen molar-refractivity contribution in [1.29, 1.82) is 0 Å². The zero-order valence-corrected chi connectivity index (χ0v) is 11.6. The van der Waals surface area contributed by atoms with Gasteiger partial charge >= 0.3 is 0 Å². The molecule has 3 rings (SSSR count). The Morgan fingerprint density at radius 1 is 1.25 bits per heavy atom. The fourth-order valence-corrected chi connectivity index (χ4v) is 3.05. The molecule has 0 unspecified atom stereocenters. The molecular weight excluding hydrogens is 255 g/mol. The lowest BCUT2D eigenvalue weighted by molar-refractivity contribution is 0.289. The van der Waals surface area contributed by atoms with Crippen LogP contribution in [-0.4, -0.2) is 5.16 Å². The van der Waals surface area contributed by atoms with Gasteiger partial charge in [-0.05, 0) is 36.5 Å². The van der Waals surface area contributed by atoms with Gasteiger partial charge in [-0.1, -0.05) is 37.1 Å². The predicted molar refractivity (Wildman–Crippen MR) is 76.7 cm³/mol. The number of nitrogen functional groups attached to an aromatic ring is 1. The zero-order chi connectivity index (χ0) is 14.1. The van der Waals surface area contributed by atoms with E-state index >= 15 is 0 Å². The molecule has 0 radical (unpaired) electrons. The van der Waals surface area contributed by atoms with Crippen LogP contribution in [0.4, 0.5) is 10.2 Å². The topological polar surface area (TPSA) is 52.0 Å². The van der Waals surface area contributed by atoms with Crippen molar-refractivity contribution in [2.45, 2.75) is 38.5 Å². The van der Waals surface area contributed by atoms with E-state index in [9.17, 15) is 4.39 Å². The summed E-state index contributed by atoms with van der Waals surface area (Å²) < 4.78 is 18.9. The molecule has 106 valence electrons. The van der Waals surface area contributed by atoms with Crippen LogP contribution >= 0.6 is 0 Å². The van der Waals surface area contributed by atoms with Crippen LogP contribution in [0.15, 0.2) is 28.8 Å². The first-order valence-corrected chi connectivity index (χ1v) is 7.16. The largest absolute Gasteiger partial charge is 0.380 e. The molecular formula is C16H19FN2O. The maximum absolute atomic E-state index is 13.4. The van der Waals surface area contributed by atoms with Crippen molar-refractivity contribution >= 4 is 5.82 Å². The van der Waals surface area contributed by atoms with Gasteiger partial charge in [0.25, 0.3) is 0 Å². The van der Waals surface area contributed by atoms with Crippen LogP contribution in [0, 0.1) is 11.7 Å². The second-order valence-electron chi connectivity index (χ2n) is 5.77. The first-order chi connectivity index (χ1) is 9.65. The van der Waals surface area contributed by atoms with Crippen LogP contribution in [0.2, 0.25) is 0 Å². The average molecular weight is 274 g/mol. The van der Waals surface area contributed by atoms with Crippen molar-refractivity contribution in [3.63, 3.8) is 0 Å². The second-order valence-corrected chi connectivity index (χ2v) is 5.77. The summed E-state index contributed by atoms with van der Waals surface area (Å²) in [5, 5.41) is 3.90. The maximum Gasteiger partial charge on any atom is 0.175 e. The van der Waals surface area contributed by atoms with Crippen molar-refractivity contribution in [2.24, 2.45) is 5.92 Å². The highest BCUT2D eigenvalue weighted by Gasteiger charge is 2.27. The highest BCUT2D eigenvalue weighted by atomic mass is 19.1. The molecule has 1 aromatic carbocycles. The Balaban J connectivity index is 1.97. The van der Waals surface area contributed by atoms with E-state index in [-0.39, 0.29) is 5.82 Å². The Morgan fingerprint density at radius 3 is 2.70 bits per heavy atom. The minimum absolute atomic E-state index is 0.272. The Kier molecular flexibility index (Phi) is 3.47. The smallest absolute Gasteiger partial charge is 0.175 e. The number of halogens is 1. The monoisotopic (exact) mass is 274 g/mol. The van der Waals surface area contributed by atoms with Gasteiger partial charge in [0, 0.05) is 5.92 Å². The summed E-state index contributed by atoms with van der Waals surface area (Å²) in [4.78, 5) is 0. The van der Waals surface area contributed by atoms with Gasteiger partial charge in [-0.15, -0.1) is 0 Å². The van der Waals surface area contributed by atoms with Crippen LogP contribution in [0.5, 0.6) is 0 Å². The molecule has 1 aliphatic carbocycles. The molecule has 2 N–H and O–H groups in total. The number of nitrogens with two attached hydrogens (primary N) is 1. The van der Waals surface area contributed by atoms with E-state index in [0.29, 0.717) is 11.7 Å². The molecule has 0 aliphatic heterocycles. The van der Waals surface area contributed by atoms with E-state index in [0.717, 1.165) is 35.6 Å². The molecule has 1 saturated carbocycles. The molecule has 1 fully saturated rings. The maximum atomic E-state index is 13.4. The van der Waals surface area contributed by atoms with E-state index in [2.05, 4.69) is 12.1 Å². The predicted octanol–water partition coefficient (Wildman–Crippen LogP) is 4.36. The third-order valence-electron chi connectivity index (χ3n) is 4.24. The molecule has 0 spiro atoms. The lowest BCUT2D eigenvalue weighted by Crippen LogP contribution is -2.11. The summed E-state index contributed by atoms with van der Waals surface area (Å²) in [6.07, 6.45) is 4.54. The van der Waals surface area contributed by atoms with Gasteiger partial charge in [0.1, 0.15) is 11.6 Å². The first kappa shape index (κ1) is 13.2. The van der Waals surface area contributed by atoms with Gasteiger partial charge < -0.3 is 10.3 Å². The zero-order valence-electron chi connectivity index (χ0n) is 11.6. The van der Waals surface area contributed by atoms with Crippen LogP contribution in [0.3, 0.4) is 0 Å². The minimum atomic E-state index is -0.272. The molecule has 0 bridgehead atoms. The van der Waals surface area contributed by atoms with Gasteiger partial charge in [0.15, 0.2) is 5.82 Å². The van der Waals surface area contributed by atoms with Gasteiger partial charge in [-0.2, -0.15) is 0 Å². The van der Waals surface area contributed by atoms with Crippen molar-refractivity contribution in [3.8, 4) is 11.1 Å². The van der Waals surface area contributed by atoms with Crippen LogP contribution in [0.25, 0.3) is 11.1 Å². The summed E-state index contributed by atoms with van der Waals surface area (Å²) in [5.74, 6) is 2.01. The average Bonchev–Trinajstić information content (AvgIpc) is 2.81. The Labute approximate surface area is 118 Å². The van der Waals surface area contributed by atoms with Crippen molar-refractivity contribution in [1.82, 2.24) is 5.16 Å². The number of rotatable bonds is 2. The second kappa shape index (κ2) is 5.27. The molecule has 3 nitrogen and oxygen atoms in total. The lowest BCUT2D eigenvalue weighted by atomic mass is 9.80. The summed E-state index contributed by atoms with van der Waals surface area (Å²) in [6.45, 7) is 2.28. The van der Waals surface area contributed by atoms with Crippen molar-refractivity contribution in [3.05, 3.63) is 35.8 Å². The fraction of sp³-hybridized carbons (Fsp3) is 0.438. The minimum Gasteiger partial charge on any atom is -0.380 e. The molecule has 4 heteroatoms. The van der Waals surface area contributed by atoms with E-state index in [1.165, 1.54) is 25.0 Å². The molecule has 1 aromatic heterocycles. The summed E-state index contributed by atoms with van der Waals surface area (Å²) in [6, 6.07) is 6.44. The normalized spacial score (nSPS) is 22.9. The van der Waals surface area contributed by atoms with Crippen LogP contribution in [-0.2, 0) is 0 Å². The van der Waals surface area contributed by atoms with E-state index in [4.69, 9.17) is 10.3 Å².